The highest BCUT2D eigenvalue weighted by atomic mass is 35.5. The smallest absolute Gasteiger partial charge is 0.195 e. The molecule has 1 aliphatic heterocycles. The Bertz CT molecular complexity index is 407. The van der Waals surface area contributed by atoms with E-state index in [4.69, 9.17) is 11.6 Å². The predicted molar refractivity (Wildman–Crippen MR) is 83.1 cm³/mol. The Labute approximate surface area is 128 Å². The molecule has 20 heavy (non-hydrogen) atoms. The third kappa shape index (κ3) is 3.67. The minimum Gasteiger partial charge on any atom is -0.195 e. The van der Waals surface area contributed by atoms with Crippen molar-refractivity contribution in [1.29, 1.82) is 0 Å². The summed E-state index contributed by atoms with van der Waals surface area (Å²) in [5, 5.41) is 0. The molecule has 0 aromatic heterocycles. The first-order chi connectivity index (χ1) is 9.45. The van der Waals surface area contributed by atoms with E-state index < -0.39 is 10.2 Å². The largest absolute Gasteiger partial charge is 0.281 e. The zero-order valence-electron chi connectivity index (χ0n) is 12.6. The van der Waals surface area contributed by atoms with Crippen LogP contribution in [0, 0.1) is 11.8 Å². The predicted octanol–water partition coefficient (Wildman–Crippen LogP) is 2.69. The average Bonchev–Trinajstić information content (AvgIpc) is 2.47. The van der Waals surface area contributed by atoms with Crippen molar-refractivity contribution in [2.45, 2.75) is 51.5 Å². The van der Waals surface area contributed by atoms with Crippen molar-refractivity contribution in [2.24, 2.45) is 11.8 Å². The summed E-state index contributed by atoms with van der Waals surface area (Å²) in [6.07, 6.45) is 6.21. The van der Waals surface area contributed by atoms with Crippen molar-refractivity contribution in [3.8, 4) is 0 Å². The van der Waals surface area contributed by atoms with Crippen LogP contribution in [-0.4, -0.2) is 49.1 Å². The Morgan fingerprint density at radius 1 is 1.20 bits per heavy atom. The molecule has 0 spiro atoms. The van der Waals surface area contributed by atoms with Gasteiger partial charge in [-0.3, -0.25) is 0 Å². The van der Waals surface area contributed by atoms with Gasteiger partial charge in [0.1, 0.15) is 0 Å². The molecule has 118 valence electrons. The fourth-order valence-electron chi connectivity index (χ4n) is 3.34. The maximum atomic E-state index is 12.7. The van der Waals surface area contributed by atoms with Gasteiger partial charge in [0, 0.05) is 32.1 Å². The Kier molecular flexibility index (Phi) is 5.74. The number of rotatable bonds is 4. The van der Waals surface area contributed by atoms with Crippen LogP contribution in [0.15, 0.2) is 0 Å². The first kappa shape index (κ1) is 16.5. The van der Waals surface area contributed by atoms with Gasteiger partial charge in [-0.2, -0.15) is 17.0 Å². The molecule has 0 N–H and O–H groups in total. The van der Waals surface area contributed by atoms with Gasteiger partial charge < -0.3 is 0 Å². The quantitative estimate of drug-likeness (QED) is 0.747. The third-order valence-corrected chi connectivity index (χ3v) is 7.34. The zero-order valence-corrected chi connectivity index (χ0v) is 14.2. The number of nitrogens with zero attached hydrogens (tertiary/aromatic N) is 2. The van der Waals surface area contributed by atoms with Crippen LogP contribution in [0.2, 0.25) is 0 Å². The van der Waals surface area contributed by atoms with Crippen molar-refractivity contribution < 1.29 is 8.42 Å². The second kappa shape index (κ2) is 6.95. The number of piperidine rings is 1. The lowest BCUT2D eigenvalue weighted by Crippen LogP contribution is -2.50. The summed E-state index contributed by atoms with van der Waals surface area (Å²) in [5.74, 6) is 1.59. The lowest BCUT2D eigenvalue weighted by molar-refractivity contribution is 0.216. The molecular weight excluding hydrogens is 296 g/mol. The Balaban J connectivity index is 2.01. The molecule has 1 saturated heterocycles. The van der Waals surface area contributed by atoms with Crippen LogP contribution in [0.5, 0.6) is 0 Å². The van der Waals surface area contributed by atoms with Crippen LogP contribution in [0.3, 0.4) is 0 Å². The summed E-state index contributed by atoms with van der Waals surface area (Å²) in [6.45, 7) is 3.48. The first-order valence-electron chi connectivity index (χ1n) is 7.74. The summed E-state index contributed by atoms with van der Waals surface area (Å²) in [6, 6.07) is 0.174. The van der Waals surface area contributed by atoms with Crippen molar-refractivity contribution >= 4 is 21.8 Å². The highest BCUT2D eigenvalue weighted by molar-refractivity contribution is 7.86. The van der Waals surface area contributed by atoms with E-state index in [1.807, 2.05) is 0 Å². The summed E-state index contributed by atoms with van der Waals surface area (Å²) in [7, 11) is -1.56. The second-order valence-electron chi connectivity index (χ2n) is 6.46. The molecule has 1 saturated carbocycles. The van der Waals surface area contributed by atoms with Crippen molar-refractivity contribution in [1.82, 2.24) is 8.61 Å². The van der Waals surface area contributed by atoms with Gasteiger partial charge in [-0.1, -0.05) is 6.92 Å². The maximum absolute atomic E-state index is 12.7. The minimum atomic E-state index is -3.31. The molecule has 2 rings (SSSR count). The van der Waals surface area contributed by atoms with Crippen LogP contribution in [-0.2, 0) is 10.2 Å². The first-order valence-corrected chi connectivity index (χ1v) is 9.67. The lowest BCUT2D eigenvalue weighted by atomic mass is 9.87. The molecule has 1 atom stereocenters. The molecule has 0 amide bonds. The molecule has 2 aliphatic rings. The van der Waals surface area contributed by atoms with Crippen LogP contribution in [0.4, 0.5) is 0 Å². The normalized spacial score (nSPS) is 33.5. The molecule has 4 nitrogen and oxygen atoms in total. The van der Waals surface area contributed by atoms with Gasteiger partial charge in [0.25, 0.3) is 10.2 Å². The monoisotopic (exact) mass is 322 g/mol. The topological polar surface area (TPSA) is 40.6 Å². The summed E-state index contributed by atoms with van der Waals surface area (Å²) in [4.78, 5) is 0. The molecule has 0 aromatic rings. The van der Waals surface area contributed by atoms with Crippen LogP contribution in [0.1, 0.15) is 45.4 Å². The van der Waals surface area contributed by atoms with Gasteiger partial charge >= 0.3 is 0 Å². The number of alkyl halides is 1. The van der Waals surface area contributed by atoms with Crippen LogP contribution in [0.25, 0.3) is 0 Å². The Morgan fingerprint density at radius 2 is 1.85 bits per heavy atom. The molecule has 0 aromatic carbocycles. The van der Waals surface area contributed by atoms with Gasteiger partial charge in [0.05, 0.1) is 0 Å². The number of hydrogen-bond acceptors (Lipinski definition) is 2. The van der Waals surface area contributed by atoms with Gasteiger partial charge in [-0.05, 0) is 50.4 Å². The van der Waals surface area contributed by atoms with Gasteiger partial charge in [-0.15, -0.1) is 11.6 Å². The summed E-state index contributed by atoms with van der Waals surface area (Å²) >= 11 is 5.90. The third-order valence-electron chi connectivity index (χ3n) is 4.89. The van der Waals surface area contributed by atoms with Gasteiger partial charge in [-0.25, -0.2) is 0 Å². The highest BCUT2D eigenvalue weighted by Gasteiger charge is 2.35. The van der Waals surface area contributed by atoms with E-state index in [-0.39, 0.29) is 6.04 Å². The van der Waals surface area contributed by atoms with E-state index in [0.29, 0.717) is 24.9 Å². The average molecular weight is 323 g/mol. The lowest BCUT2D eigenvalue weighted by Gasteiger charge is -2.38. The van der Waals surface area contributed by atoms with Gasteiger partial charge in [0.15, 0.2) is 0 Å². The van der Waals surface area contributed by atoms with E-state index in [0.717, 1.165) is 44.4 Å². The Morgan fingerprint density at radius 3 is 2.45 bits per heavy atom. The van der Waals surface area contributed by atoms with E-state index in [2.05, 4.69) is 6.92 Å². The van der Waals surface area contributed by atoms with E-state index >= 15 is 0 Å². The summed E-state index contributed by atoms with van der Waals surface area (Å²) in [5.41, 5.74) is 0. The Hall–Kier alpha value is 0.160. The molecule has 0 bridgehead atoms. The van der Waals surface area contributed by atoms with Crippen LogP contribution >= 0.6 is 11.6 Å². The fraction of sp³-hybridized carbons (Fsp3) is 1.00. The van der Waals surface area contributed by atoms with Crippen molar-refractivity contribution in [3.63, 3.8) is 0 Å². The van der Waals surface area contributed by atoms with E-state index in [1.165, 1.54) is 0 Å². The number of halogens is 1. The zero-order chi connectivity index (χ0) is 14.8. The van der Waals surface area contributed by atoms with E-state index in [9.17, 15) is 8.42 Å². The second-order valence-corrected chi connectivity index (χ2v) is 8.75. The molecule has 0 radical (unpaired) electrons. The summed E-state index contributed by atoms with van der Waals surface area (Å²) < 4.78 is 28.7. The molecular formula is C14H27ClN2O2S. The van der Waals surface area contributed by atoms with Crippen LogP contribution < -0.4 is 0 Å². The fourth-order valence-corrected chi connectivity index (χ4v) is 5.30. The standard InChI is InChI=1S/C14H27ClN2O2S/c1-12-5-7-14(8-6-12)16(2)20(18,19)17-9-3-4-13(10-15)11-17/h12-14H,3-11H2,1-2H3. The minimum absolute atomic E-state index is 0.174. The van der Waals surface area contributed by atoms with Crippen molar-refractivity contribution in [3.05, 3.63) is 0 Å². The maximum Gasteiger partial charge on any atom is 0.281 e. The van der Waals surface area contributed by atoms with E-state index in [1.54, 1.807) is 15.7 Å². The van der Waals surface area contributed by atoms with Gasteiger partial charge in [0.2, 0.25) is 0 Å². The molecule has 1 heterocycles. The SMILES string of the molecule is CC1CCC(N(C)S(=O)(=O)N2CCCC(CCl)C2)CC1. The molecule has 1 unspecified atom stereocenters. The van der Waals surface area contributed by atoms with Crippen molar-refractivity contribution in [2.75, 3.05) is 26.0 Å². The molecule has 1 aliphatic carbocycles. The highest BCUT2D eigenvalue weighted by Crippen LogP contribution is 2.29. The molecule has 6 heteroatoms. The molecule has 2 fully saturated rings. The number of hydrogen-bond donors (Lipinski definition) is 0.